The zero-order valence-electron chi connectivity index (χ0n) is 11.2. The maximum Gasteiger partial charge on any atom is 0.225 e. The van der Waals surface area contributed by atoms with Crippen LogP contribution < -0.4 is 11.1 Å². The van der Waals surface area contributed by atoms with E-state index in [4.69, 9.17) is 5.73 Å². The van der Waals surface area contributed by atoms with Gasteiger partial charge in [-0.3, -0.25) is 4.79 Å². The smallest absolute Gasteiger partial charge is 0.225 e. The van der Waals surface area contributed by atoms with E-state index in [0.29, 0.717) is 6.54 Å². The molecular formula is C14H21BrN2O. The van der Waals surface area contributed by atoms with Gasteiger partial charge in [0.1, 0.15) is 0 Å². The molecule has 0 radical (unpaired) electrons. The fraction of sp³-hybridized carbons (Fsp3) is 0.500. The van der Waals surface area contributed by atoms with Gasteiger partial charge < -0.3 is 11.1 Å². The van der Waals surface area contributed by atoms with Crippen LogP contribution in [-0.4, -0.2) is 12.5 Å². The van der Waals surface area contributed by atoms with Gasteiger partial charge in [0.05, 0.1) is 5.54 Å². The molecule has 1 aromatic carbocycles. The molecule has 1 unspecified atom stereocenters. The Morgan fingerprint density at radius 1 is 1.39 bits per heavy atom. The van der Waals surface area contributed by atoms with E-state index in [1.165, 1.54) is 0 Å². The lowest BCUT2D eigenvalue weighted by Gasteiger charge is -2.29. The summed E-state index contributed by atoms with van der Waals surface area (Å²) in [5.41, 5.74) is 6.28. The summed E-state index contributed by atoms with van der Waals surface area (Å²) in [4.78, 5) is 12.1. The quantitative estimate of drug-likeness (QED) is 0.878. The van der Waals surface area contributed by atoms with Crippen LogP contribution in [0.3, 0.4) is 0 Å². The van der Waals surface area contributed by atoms with Crippen molar-refractivity contribution in [1.29, 1.82) is 0 Å². The van der Waals surface area contributed by atoms with Crippen molar-refractivity contribution < 1.29 is 4.79 Å². The molecule has 3 nitrogen and oxygen atoms in total. The number of amides is 1. The Bertz CT molecular complexity index is 397. The van der Waals surface area contributed by atoms with Crippen molar-refractivity contribution in [1.82, 2.24) is 5.32 Å². The number of hydrogen-bond donors (Lipinski definition) is 2. The molecule has 1 amide bonds. The largest absolute Gasteiger partial charge is 0.347 e. The fourth-order valence-electron chi connectivity index (χ4n) is 1.81. The van der Waals surface area contributed by atoms with Crippen LogP contribution in [-0.2, 0) is 10.3 Å². The molecule has 100 valence electrons. The van der Waals surface area contributed by atoms with Crippen molar-refractivity contribution in [2.75, 3.05) is 6.54 Å². The minimum atomic E-state index is -0.389. The van der Waals surface area contributed by atoms with E-state index < -0.39 is 0 Å². The van der Waals surface area contributed by atoms with Gasteiger partial charge >= 0.3 is 0 Å². The van der Waals surface area contributed by atoms with Crippen LogP contribution in [0.2, 0.25) is 0 Å². The van der Waals surface area contributed by atoms with Gasteiger partial charge in [-0.1, -0.05) is 35.0 Å². The fourth-order valence-corrected chi connectivity index (χ4v) is 2.07. The molecule has 0 bridgehead atoms. The molecule has 0 spiro atoms. The molecule has 1 atom stereocenters. The molecule has 3 N–H and O–H groups in total. The molecule has 1 rings (SSSR count). The SMILES string of the molecule is CCC(CN)C(=O)NC(C)(C)c1ccc(Br)cc1. The number of nitrogens with one attached hydrogen (secondary N) is 1. The Balaban J connectivity index is 2.81. The lowest BCUT2D eigenvalue weighted by Crippen LogP contribution is -2.45. The molecule has 0 saturated carbocycles. The molecular weight excluding hydrogens is 292 g/mol. The van der Waals surface area contributed by atoms with Gasteiger partial charge in [-0.05, 0) is 38.0 Å². The van der Waals surface area contributed by atoms with Gasteiger partial charge in [-0.25, -0.2) is 0 Å². The number of benzene rings is 1. The van der Waals surface area contributed by atoms with Crippen molar-refractivity contribution in [3.05, 3.63) is 34.3 Å². The number of rotatable bonds is 5. The van der Waals surface area contributed by atoms with Crippen molar-refractivity contribution in [3.63, 3.8) is 0 Å². The molecule has 0 aliphatic heterocycles. The van der Waals surface area contributed by atoms with Crippen molar-refractivity contribution in [2.45, 2.75) is 32.7 Å². The number of carbonyl (C=O) groups excluding carboxylic acids is 1. The Morgan fingerprint density at radius 3 is 2.39 bits per heavy atom. The average molecular weight is 313 g/mol. The second-order valence-electron chi connectivity index (χ2n) is 4.96. The maximum atomic E-state index is 12.1. The predicted molar refractivity (Wildman–Crippen MR) is 78.1 cm³/mol. The molecule has 0 aliphatic carbocycles. The lowest BCUT2D eigenvalue weighted by molar-refractivity contribution is -0.126. The Morgan fingerprint density at radius 2 is 1.94 bits per heavy atom. The summed E-state index contributed by atoms with van der Waals surface area (Å²) in [7, 11) is 0. The van der Waals surface area contributed by atoms with Gasteiger partial charge in [0, 0.05) is 16.9 Å². The van der Waals surface area contributed by atoms with Gasteiger partial charge in [0.15, 0.2) is 0 Å². The van der Waals surface area contributed by atoms with E-state index in [-0.39, 0.29) is 17.4 Å². The first-order valence-corrected chi connectivity index (χ1v) is 6.98. The third kappa shape index (κ3) is 3.82. The van der Waals surface area contributed by atoms with Gasteiger partial charge in [-0.2, -0.15) is 0 Å². The molecule has 18 heavy (non-hydrogen) atoms. The average Bonchev–Trinajstić information content (AvgIpc) is 2.30. The highest BCUT2D eigenvalue weighted by molar-refractivity contribution is 9.10. The summed E-state index contributed by atoms with van der Waals surface area (Å²) in [6.07, 6.45) is 0.763. The summed E-state index contributed by atoms with van der Waals surface area (Å²) in [6, 6.07) is 7.97. The first-order valence-electron chi connectivity index (χ1n) is 6.19. The van der Waals surface area contributed by atoms with Crippen molar-refractivity contribution in [2.24, 2.45) is 11.7 Å². The summed E-state index contributed by atoms with van der Waals surface area (Å²) < 4.78 is 1.03. The maximum absolute atomic E-state index is 12.1. The highest BCUT2D eigenvalue weighted by Crippen LogP contribution is 2.22. The van der Waals surface area contributed by atoms with Crippen LogP contribution in [0.1, 0.15) is 32.8 Å². The first-order chi connectivity index (χ1) is 8.40. The minimum absolute atomic E-state index is 0.0212. The number of halogens is 1. The topological polar surface area (TPSA) is 55.1 Å². The summed E-state index contributed by atoms with van der Waals surface area (Å²) in [5, 5.41) is 3.06. The van der Waals surface area contributed by atoms with E-state index in [0.717, 1.165) is 16.5 Å². The highest BCUT2D eigenvalue weighted by atomic mass is 79.9. The Hall–Kier alpha value is -0.870. The third-order valence-corrected chi connectivity index (χ3v) is 3.68. The third-order valence-electron chi connectivity index (χ3n) is 3.15. The van der Waals surface area contributed by atoms with Crippen LogP contribution in [0.25, 0.3) is 0 Å². The molecule has 0 fully saturated rings. The van der Waals surface area contributed by atoms with Gasteiger partial charge in [0.25, 0.3) is 0 Å². The summed E-state index contributed by atoms with van der Waals surface area (Å²) >= 11 is 3.40. The number of carbonyl (C=O) groups is 1. The highest BCUT2D eigenvalue weighted by Gasteiger charge is 2.25. The Kier molecular flexibility index (Phi) is 5.35. The Labute approximate surface area is 117 Å². The van der Waals surface area contributed by atoms with Crippen molar-refractivity contribution >= 4 is 21.8 Å². The van der Waals surface area contributed by atoms with E-state index in [1.807, 2.05) is 45.0 Å². The van der Waals surface area contributed by atoms with Crippen LogP contribution in [0.4, 0.5) is 0 Å². The van der Waals surface area contributed by atoms with Crippen LogP contribution in [0.15, 0.2) is 28.7 Å². The first kappa shape index (κ1) is 15.2. The summed E-state index contributed by atoms with van der Waals surface area (Å²) in [6.45, 7) is 6.36. The monoisotopic (exact) mass is 312 g/mol. The molecule has 1 aromatic rings. The summed E-state index contributed by atoms with van der Waals surface area (Å²) in [5.74, 6) is -0.0901. The number of hydrogen-bond acceptors (Lipinski definition) is 2. The molecule has 0 saturated heterocycles. The molecule has 0 aliphatic rings. The molecule has 0 aromatic heterocycles. The molecule has 4 heteroatoms. The van der Waals surface area contributed by atoms with E-state index >= 15 is 0 Å². The second-order valence-corrected chi connectivity index (χ2v) is 5.88. The van der Waals surface area contributed by atoms with E-state index in [9.17, 15) is 4.79 Å². The minimum Gasteiger partial charge on any atom is -0.347 e. The van der Waals surface area contributed by atoms with Crippen LogP contribution in [0.5, 0.6) is 0 Å². The zero-order valence-corrected chi connectivity index (χ0v) is 12.8. The second kappa shape index (κ2) is 6.34. The van der Waals surface area contributed by atoms with Gasteiger partial charge in [-0.15, -0.1) is 0 Å². The van der Waals surface area contributed by atoms with Crippen LogP contribution >= 0.6 is 15.9 Å². The van der Waals surface area contributed by atoms with E-state index in [2.05, 4.69) is 21.2 Å². The predicted octanol–water partition coefficient (Wildman–Crippen LogP) is 2.79. The normalized spacial score (nSPS) is 13.2. The van der Waals surface area contributed by atoms with Crippen LogP contribution in [0, 0.1) is 5.92 Å². The van der Waals surface area contributed by atoms with Crippen molar-refractivity contribution in [3.8, 4) is 0 Å². The lowest BCUT2D eigenvalue weighted by atomic mass is 9.93. The number of nitrogens with two attached hydrogens (primary N) is 1. The zero-order chi connectivity index (χ0) is 13.8. The van der Waals surface area contributed by atoms with Gasteiger partial charge in [0.2, 0.25) is 5.91 Å². The molecule has 0 heterocycles. The van der Waals surface area contributed by atoms with E-state index in [1.54, 1.807) is 0 Å². The standard InChI is InChI=1S/C14H21BrN2O/c1-4-10(9-16)13(18)17-14(2,3)11-5-7-12(15)8-6-11/h5-8,10H,4,9,16H2,1-3H3,(H,17,18).